The molecule has 0 bridgehead atoms. The van der Waals surface area contributed by atoms with Crippen molar-refractivity contribution in [3.8, 4) is 0 Å². The van der Waals surface area contributed by atoms with Gasteiger partial charge in [0.15, 0.2) is 0 Å². The second-order valence-electron chi connectivity index (χ2n) is 6.00. The highest BCUT2D eigenvalue weighted by Crippen LogP contribution is 2.13. The number of unbranched alkanes of at least 4 members (excludes halogenated alkanes) is 9. The Morgan fingerprint density at radius 3 is 1.65 bits per heavy atom. The molecule has 118 valence electrons. The lowest BCUT2D eigenvalue weighted by Gasteiger charge is -2.08. The molecule has 20 heavy (non-hydrogen) atoms. The van der Waals surface area contributed by atoms with Crippen LogP contribution in [0.1, 0.15) is 70.6 Å². The molecule has 1 N–H and O–H groups in total. The van der Waals surface area contributed by atoms with E-state index in [0.29, 0.717) is 12.0 Å². The van der Waals surface area contributed by atoms with E-state index in [2.05, 4.69) is 25.6 Å². The Bertz CT molecular complexity index is 262. The smallest absolute Gasteiger partial charge is 0.330 e. The fraction of sp³-hybridized carbons (Fsp3) is 0.824. The summed E-state index contributed by atoms with van der Waals surface area (Å²) in [5, 5.41) is 8.67. The van der Waals surface area contributed by atoms with Crippen LogP contribution in [0.5, 0.6) is 0 Å². The molecule has 0 saturated carbocycles. The third kappa shape index (κ3) is 13.6. The SMILES string of the molecule is C=C(CCCCCCCCCCCCN(C)C)C(=O)O. The molecule has 0 aromatic rings. The standard InChI is InChI=1S/C17H33NO2/c1-16(17(19)20)14-12-10-8-6-4-5-7-9-11-13-15-18(2)3/h1,4-15H2,2-3H3,(H,19,20). The zero-order valence-corrected chi connectivity index (χ0v) is 13.5. The summed E-state index contributed by atoms with van der Waals surface area (Å²) in [6.07, 6.45) is 13.3. The van der Waals surface area contributed by atoms with Crippen molar-refractivity contribution in [2.75, 3.05) is 20.6 Å². The average molecular weight is 283 g/mol. The second kappa shape index (κ2) is 13.2. The Labute approximate surface area is 125 Å². The minimum Gasteiger partial charge on any atom is -0.478 e. The number of nitrogens with zero attached hydrogens (tertiary/aromatic N) is 1. The summed E-state index contributed by atoms with van der Waals surface area (Å²) < 4.78 is 0. The third-order valence-electron chi connectivity index (χ3n) is 3.64. The third-order valence-corrected chi connectivity index (χ3v) is 3.64. The van der Waals surface area contributed by atoms with E-state index < -0.39 is 5.97 Å². The lowest BCUT2D eigenvalue weighted by Crippen LogP contribution is -2.12. The van der Waals surface area contributed by atoms with E-state index in [4.69, 9.17) is 5.11 Å². The van der Waals surface area contributed by atoms with Crippen molar-refractivity contribution in [3.63, 3.8) is 0 Å². The zero-order chi connectivity index (χ0) is 15.2. The van der Waals surface area contributed by atoms with Crippen LogP contribution in [-0.4, -0.2) is 36.6 Å². The van der Waals surface area contributed by atoms with Crippen LogP contribution < -0.4 is 0 Å². The lowest BCUT2D eigenvalue weighted by atomic mass is 10.0. The normalized spacial score (nSPS) is 10.9. The quantitative estimate of drug-likeness (QED) is 0.377. The van der Waals surface area contributed by atoms with E-state index in [1.54, 1.807) is 0 Å². The van der Waals surface area contributed by atoms with Crippen LogP contribution >= 0.6 is 0 Å². The van der Waals surface area contributed by atoms with Gasteiger partial charge >= 0.3 is 5.97 Å². The molecule has 0 unspecified atom stereocenters. The second-order valence-corrected chi connectivity index (χ2v) is 6.00. The first-order chi connectivity index (χ1) is 9.54. The summed E-state index contributed by atoms with van der Waals surface area (Å²) in [6, 6.07) is 0. The predicted molar refractivity (Wildman–Crippen MR) is 86.1 cm³/mol. The van der Waals surface area contributed by atoms with Gasteiger partial charge in [0.25, 0.3) is 0 Å². The van der Waals surface area contributed by atoms with Crippen LogP contribution in [0.2, 0.25) is 0 Å². The van der Waals surface area contributed by atoms with Gasteiger partial charge in [-0.1, -0.05) is 57.9 Å². The van der Waals surface area contributed by atoms with E-state index in [1.807, 2.05) is 0 Å². The molecule has 0 aliphatic rings. The molecule has 3 nitrogen and oxygen atoms in total. The van der Waals surface area contributed by atoms with Crippen LogP contribution in [0.4, 0.5) is 0 Å². The molecule has 0 spiro atoms. The maximum Gasteiger partial charge on any atom is 0.330 e. The average Bonchev–Trinajstić information content (AvgIpc) is 2.39. The van der Waals surface area contributed by atoms with Gasteiger partial charge in [-0.25, -0.2) is 4.79 Å². The number of hydrogen-bond donors (Lipinski definition) is 1. The van der Waals surface area contributed by atoms with Gasteiger partial charge in [-0.3, -0.25) is 0 Å². The van der Waals surface area contributed by atoms with Crippen molar-refractivity contribution >= 4 is 5.97 Å². The highest BCUT2D eigenvalue weighted by molar-refractivity contribution is 5.85. The minimum absolute atomic E-state index is 0.350. The largest absolute Gasteiger partial charge is 0.478 e. The van der Waals surface area contributed by atoms with Gasteiger partial charge in [0.1, 0.15) is 0 Å². The molecular weight excluding hydrogens is 250 g/mol. The molecule has 0 aromatic carbocycles. The Morgan fingerprint density at radius 1 is 0.850 bits per heavy atom. The topological polar surface area (TPSA) is 40.5 Å². The number of hydrogen-bond acceptors (Lipinski definition) is 2. The number of carboxylic acids is 1. The molecule has 3 heteroatoms. The molecular formula is C17H33NO2. The zero-order valence-electron chi connectivity index (χ0n) is 13.5. The van der Waals surface area contributed by atoms with Crippen LogP contribution in [0.3, 0.4) is 0 Å². The molecule has 0 aromatic heterocycles. The van der Waals surface area contributed by atoms with Gasteiger partial charge in [0.2, 0.25) is 0 Å². The van der Waals surface area contributed by atoms with Crippen molar-refractivity contribution in [1.82, 2.24) is 4.90 Å². The van der Waals surface area contributed by atoms with Crippen molar-refractivity contribution in [1.29, 1.82) is 0 Å². The number of aliphatic carboxylic acids is 1. The number of rotatable bonds is 14. The molecule has 0 aliphatic carbocycles. The molecule has 0 amide bonds. The summed E-state index contributed by atoms with van der Waals surface area (Å²) in [5.41, 5.74) is 0.350. The van der Waals surface area contributed by atoms with Gasteiger partial charge in [-0.05, 0) is 39.9 Å². The Balaban J connectivity index is 3.10. The van der Waals surface area contributed by atoms with Crippen LogP contribution in [-0.2, 0) is 4.79 Å². The van der Waals surface area contributed by atoms with Crippen LogP contribution in [0.25, 0.3) is 0 Å². The fourth-order valence-corrected chi connectivity index (χ4v) is 2.29. The summed E-state index contributed by atoms with van der Waals surface area (Å²) in [5.74, 6) is -0.848. The van der Waals surface area contributed by atoms with Crippen molar-refractivity contribution in [2.45, 2.75) is 70.6 Å². The molecule has 0 saturated heterocycles. The van der Waals surface area contributed by atoms with Gasteiger partial charge in [-0.15, -0.1) is 0 Å². The van der Waals surface area contributed by atoms with E-state index in [1.165, 1.54) is 57.9 Å². The Kier molecular flexibility index (Phi) is 12.6. The minimum atomic E-state index is -0.848. The van der Waals surface area contributed by atoms with Gasteiger partial charge in [0.05, 0.1) is 0 Å². The summed E-state index contributed by atoms with van der Waals surface area (Å²) >= 11 is 0. The summed E-state index contributed by atoms with van der Waals surface area (Å²) in [4.78, 5) is 12.8. The monoisotopic (exact) mass is 283 g/mol. The number of carbonyl (C=O) groups is 1. The van der Waals surface area contributed by atoms with E-state index in [0.717, 1.165) is 12.8 Å². The van der Waals surface area contributed by atoms with Crippen molar-refractivity contribution < 1.29 is 9.90 Å². The number of carboxylic acid groups (broad SMARTS) is 1. The highest BCUT2D eigenvalue weighted by Gasteiger charge is 2.02. The van der Waals surface area contributed by atoms with Gasteiger partial charge in [0, 0.05) is 5.57 Å². The molecule has 0 rings (SSSR count). The Hall–Kier alpha value is -0.830. The molecule has 0 aliphatic heterocycles. The summed E-state index contributed by atoms with van der Waals surface area (Å²) in [6.45, 7) is 4.76. The van der Waals surface area contributed by atoms with Crippen LogP contribution in [0.15, 0.2) is 12.2 Å². The lowest BCUT2D eigenvalue weighted by molar-refractivity contribution is -0.132. The van der Waals surface area contributed by atoms with Crippen molar-refractivity contribution in [2.24, 2.45) is 0 Å². The van der Waals surface area contributed by atoms with E-state index in [-0.39, 0.29) is 0 Å². The maximum atomic E-state index is 10.5. The molecule has 0 fully saturated rings. The van der Waals surface area contributed by atoms with Crippen LogP contribution in [0, 0.1) is 0 Å². The molecule has 0 radical (unpaired) electrons. The predicted octanol–water partition coefficient (Wildman–Crippen LogP) is 4.48. The highest BCUT2D eigenvalue weighted by atomic mass is 16.4. The first kappa shape index (κ1) is 19.2. The van der Waals surface area contributed by atoms with E-state index in [9.17, 15) is 4.79 Å². The van der Waals surface area contributed by atoms with Crippen molar-refractivity contribution in [3.05, 3.63) is 12.2 Å². The fourth-order valence-electron chi connectivity index (χ4n) is 2.29. The summed E-state index contributed by atoms with van der Waals surface area (Å²) in [7, 11) is 4.26. The maximum absolute atomic E-state index is 10.5. The van der Waals surface area contributed by atoms with E-state index >= 15 is 0 Å². The molecule has 0 heterocycles. The Morgan fingerprint density at radius 2 is 1.25 bits per heavy atom. The van der Waals surface area contributed by atoms with Gasteiger partial charge in [-0.2, -0.15) is 0 Å². The first-order valence-electron chi connectivity index (χ1n) is 8.10. The van der Waals surface area contributed by atoms with Gasteiger partial charge < -0.3 is 10.0 Å². The first-order valence-corrected chi connectivity index (χ1v) is 8.10. The molecule has 0 atom stereocenters.